The molecule has 0 spiro atoms. The number of hydrogen-bond donors (Lipinski definition) is 0. The lowest BCUT2D eigenvalue weighted by Crippen LogP contribution is -2.28. The molecule has 3 aliphatic rings. The second-order valence-corrected chi connectivity index (χ2v) is 9.23. The highest BCUT2D eigenvalue weighted by molar-refractivity contribution is 8.14. The van der Waals surface area contributed by atoms with Gasteiger partial charge in [-0.25, -0.2) is 0 Å². The molecule has 1 aliphatic carbocycles. The van der Waals surface area contributed by atoms with Gasteiger partial charge in [-0.3, -0.25) is 9.98 Å². The summed E-state index contributed by atoms with van der Waals surface area (Å²) < 4.78 is 2.47. The lowest BCUT2D eigenvalue weighted by Gasteiger charge is -2.27. The van der Waals surface area contributed by atoms with Gasteiger partial charge in [0.05, 0.1) is 11.7 Å². The van der Waals surface area contributed by atoms with E-state index in [4.69, 9.17) is 4.99 Å². The largest absolute Gasteiger partial charge is 0.351 e. The number of rotatable bonds is 3. The fourth-order valence-corrected chi connectivity index (χ4v) is 5.78. The zero-order valence-corrected chi connectivity index (χ0v) is 16.1. The van der Waals surface area contributed by atoms with Gasteiger partial charge in [0.2, 0.25) is 0 Å². The zero-order chi connectivity index (χ0) is 17.5. The Morgan fingerprint density at radius 2 is 2.00 bits per heavy atom. The lowest BCUT2D eigenvalue weighted by molar-refractivity contribution is 0.318. The minimum Gasteiger partial charge on any atom is -0.351 e. The van der Waals surface area contributed by atoms with Gasteiger partial charge in [0.1, 0.15) is 6.04 Å². The number of aliphatic imine (C=N–C) groups is 1. The van der Waals surface area contributed by atoms with Crippen LogP contribution in [0.25, 0.3) is 0 Å². The fraction of sp³-hybridized carbons (Fsp3) is 0.524. The van der Waals surface area contributed by atoms with E-state index in [1.54, 1.807) is 0 Å². The summed E-state index contributed by atoms with van der Waals surface area (Å²) in [7, 11) is 0. The maximum atomic E-state index is 5.08. The predicted octanol–water partition coefficient (Wildman–Crippen LogP) is 4.98. The molecule has 1 saturated carbocycles. The van der Waals surface area contributed by atoms with Gasteiger partial charge < -0.3 is 9.47 Å². The van der Waals surface area contributed by atoms with Crippen LogP contribution in [0.15, 0.2) is 47.8 Å². The van der Waals surface area contributed by atoms with E-state index in [2.05, 4.69) is 52.0 Å². The number of aromatic nitrogens is 2. The molecule has 3 atom stereocenters. The number of nitrogens with zero attached hydrogens (tertiary/aromatic N) is 4. The quantitative estimate of drug-likeness (QED) is 0.768. The minimum absolute atomic E-state index is 0.105. The highest BCUT2D eigenvalue weighted by atomic mass is 32.2. The first-order valence-corrected chi connectivity index (χ1v) is 10.8. The Bertz CT molecular complexity index is 793. The van der Waals surface area contributed by atoms with Crippen LogP contribution in [-0.4, -0.2) is 31.4 Å². The Labute approximate surface area is 159 Å². The summed E-state index contributed by atoms with van der Waals surface area (Å²) in [6.45, 7) is 3.37. The summed E-state index contributed by atoms with van der Waals surface area (Å²) in [6.07, 6.45) is 13.3. The standard InChI is InChI=1S/C21H26N4S/c1-15-13-25-20(16-10-12-24(14-16)17-7-3-2-4-8-17)19(23-21(25)26-15)18-9-5-6-11-22-18/h5-6,9-12,14-15,17,19-20H,2-4,7-8,13H2,1H3/t15-,19+,20-/m0/s1. The highest BCUT2D eigenvalue weighted by Crippen LogP contribution is 2.47. The molecule has 1 saturated heterocycles. The first kappa shape index (κ1) is 16.4. The first-order valence-electron chi connectivity index (χ1n) is 9.89. The van der Waals surface area contributed by atoms with Crippen molar-refractivity contribution in [3.05, 3.63) is 54.1 Å². The van der Waals surface area contributed by atoms with E-state index in [0.29, 0.717) is 11.3 Å². The molecule has 0 aromatic carbocycles. The molecule has 4 nitrogen and oxygen atoms in total. The van der Waals surface area contributed by atoms with Crippen molar-refractivity contribution in [2.24, 2.45) is 4.99 Å². The Hall–Kier alpha value is -1.75. The molecule has 136 valence electrons. The van der Waals surface area contributed by atoms with Crippen LogP contribution in [0.4, 0.5) is 0 Å². The monoisotopic (exact) mass is 366 g/mol. The molecular formula is C21H26N4S. The van der Waals surface area contributed by atoms with Crippen LogP contribution >= 0.6 is 11.8 Å². The molecule has 0 bridgehead atoms. The molecule has 0 unspecified atom stereocenters. The fourth-order valence-electron chi connectivity index (χ4n) is 4.69. The van der Waals surface area contributed by atoms with Gasteiger partial charge in [-0.2, -0.15) is 0 Å². The molecule has 0 radical (unpaired) electrons. The summed E-state index contributed by atoms with van der Waals surface area (Å²) in [5.74, 6) is 0. The molecular weight excluding hydrogens is 340 g/mol. The maximum Gasteiger partial charge on any atom is 0.160 e. The Kier molecular flexibility index (Phi) is 4.27. The SMILES string of the molecule is C[C@H]1CN2C(=N[C@H](c3ccccn3)[C@@H]2c2ccn(C3CCCCC3)c2)S1. The molecule has 0 N–H and O–H groups in total. The van der Waals surface area contributed by atoms with Crippen LogP contribution in [0.5, 0.6) is 0 Å². The summed E-state index contributed by atoms with van der Waals surface area (Å²) >= 11 is 1.91. The van der Waals surface area contributed by atoms with E-state index in [0.717, 1.165) is 12.2 Å². The zero-order valence-electron chi connectivity index (χ0n) is 15.3. The van der Waals surface area contributed by atoms with Gasteiger partial charge >= 0.3 is 0 Å². The third kappa shape index (κ3) is 2.86. The Morgan fingerprint density at radius 3 is 2.81 bits per heavy atom. The number of amidine groups is 1. The van der Waals surface area contributed by atoms with Gasteiger partial charge in [-0.1, -0.05) is 44.0 Å². The van der Waals surface area contributed by atoms with Crippen molar-refractivity contribution in [2.45, 2.75) is 62.4 Å². The average Bonchev–Trinajstić information content (AvgIpc) is 3.37. The van der Waals surface area contributed by atoms with Crippen LogP contribution in [0.2, 0.25) is 0 Å². The van der Waals surface area contributed by atoms with Crippen LogP contribution in [-0.2, 0) is 0 Å². The van der Waals surface area contributed by atoms with E-state index in [9.17, 15) is 0 Å². The number of hydrogen-bond acceptors (Lipinski definition) is 4. The Balaban J connectivity index is 1.48. The molecule has 4 heterocycles. The van der Waals surface area contributed by atoms with Crippen LogP contribution < -0.4 is 0 Å². The molecule has 5 rings (SSSR count). The van der Waals surface area contributed by atoms with Gasteiger partial charge in [0.25, 0.3) is 0 Å². The summed E-state index contributed by atoms with van der Waals surface area (Å²) in [4.78, 5) is 12.2. The van der Waals surface area contributed by atoms with Crippen molar-refractivity contribution < 1.29 is 0 Å². The van der Waals surface area contributed by atoms with E-state index >= 15 is 0 Å². The van der Waals surface area contributed by atoms with Gasteiger partial charge in [0.15, 0.2) is 5.17 Å². The second-order valence-electron chi connectivity index (χ2n) is 7.82. The van der Waals surface area contributed by atoms with Crippen LogP contribution in [0, 0.1) is 0 Å². The van der Waals surface area contributed by atoms with E-state index in [1.807, 2.05) is 24.0 Å². The summed E-state index contributed by atoms with van der Waals surface area (Å²) in [5, 5.41) is 1.81. The van der Waals surface area contributed by atoms with Crippen molar-refractivity contribution in [3.63, 3.8) is 0 Å². The van der Waals surface area contributed by atoms with Crippen molar-refractivity contribution in [2.75, 3.05) is 6.54 Å². The Morgan fingerprint density at radius 1 is 1.12 bits per heavy atom. The minimum atomic E-state index is 0.105. The normalized spacial score (nSPS) is 29.0. The van der Waals surface area contributed by atoms with Crippen molar-refractivity contribution in [1.82, 2.24) is 14.5 Å². The van der Waals surface area contributed by atoms with Crippen molar-refractivity contribution >= 4 is 16.9 Å². The number of pyridine rings is 1. The molecule has 2 aromatic rings. The van der Waals surface area contributed by atoms with E-state index in [1.165, 1.54) is 42.8 Å². The lowest BCUT2D eigenvalue weighted by atomic mass is 9.95. The number of fused-ring (bicyclic) bond motifs is 1. The van der Waals surface area contributed by atoms with Crippen LogP contribution in [0.3, 0.4) is 0 Å². The van der Waals surface area contributed by atoms with Crippen LogP contribution in [0.1, 0.15) is 68.4 Å². The van der Waals surface area contributed by atoms with E-state index < -0.39 is 0 Å². The average molecular weight is 367 g/mol. The third-order valence-corrected chi connectivity index (χ3v) is 7.06. The highest BCUT2D eigenvalue weighted by Gasteiger charge is 2.43. The number of thioether (sulfide) groups is 1. The van der Waals surface area contributed by atoms with Crippen molar-refractivity contribution in [1.29, 1.82) is 0 Å². The van der Waals surface area contributed by atoms with Crippen molar-refractivity contribution in [3.8, 4) is 0 Å². The molecule has 26 heavy (non-hydrogen) atoms. The molecule has 5 heteroatoms. The van der Waals surface area contributed by atoms with Gasteiger partial charge in [-0.05, 0) is 36.6 Å². The third-order valence-electron chi connectivity index (χ3n) is 5.96. The molecule has 0 amide bonds. The molecule has 2 fully saturated rings. The van der Waals surface area contributed by atoms with Gasteiger partial charge in [-0.15, -0.1) is 0 Å². The van der Waals surface area contributed by atoms with E-state index in [-0.39, 0.29) is 12.1 Å². The predicted molar refractivity (Wildman–Crippen MR) is 107 cm³/mol. The topological polar surface area (TPSA) is 33.4 Å². The maximum absolute atomic E-state index is 5.08. The smallest absolute Gasteiger partial charge is 0.160 e. The summed E-state index contributed by atoms with van der Waals surface area (Å²) in [5.41, 5.74) is 2.47. The summed E-state index contributed by atoms with van der Waals surface area (Å²) in [6, 6.07) is 9.57. The first-order chi connectivity index (χ1) is 12.8. The molecule has 2 aromatic heterocycles. The second kappa shape index (κ2) is 6.76. The molecule has 2 aliphatic heterocycles. The van der Waals surface area contributed by atoms with Gasteiger partial charge in [0, 0.05) is 36.4 Å².